The number of hydrogen-bond donors (Lipinski definition) is 0. The quantitative estimate of drug-likeness (QED) is 0.424. The van der Waals surface area contributed by atoms with E-state index in [1.807, 2.05) is 46.7 Å². The first-order valence-corrected chi connectivity index (χ1v) is 13.3. The third kappa shape index (κ3) is 4.98. The van der Waals surface area contributed by atoms with E-state index >= 15 is 0 Å². The normalized spacial score (nSPS) is 17.2. The Morgan fingerprint density at radius 2 is 1.88 bits per heavy atom. The lowest BCUT2D eigenvalue weighted by atomic mass is 10.0. The van der Waals surface area contributed by atoms with E-state index in [1.54, 1.807) is 23.3 Å². The monoisotopic (exact) mass is 496 g/mol. The molecule has 0 radical (unpaired) electrons. The van der Waals surface area contributed by atoms with Gasteiger partial charge in [-0.15, -0.1) is 22.7 Å². The lowest BCUT2D eigenvalue weighted by Gasteiger charge is -2.37. The van der Waals surface area contributed by atoms with Crippen molar-refractivity contribution in [3.05, 3.63) is 68.5 Å². The van der Waals surface area contributed by atoms with E-state index in [0.29, 0.717) is 42.0 Å². The summed E-state index contributed by atoms with van der Waals surface area (Å²) >= 11 is 3.15. The molecule has 178 valence electrons. The van der Waals surface area contributed by atoms with Gasteiger partial charge in [-0.05, 0) is 65.8 Å². The molecule has 1 aromatic carbocycles. The van der Waals surface area contributed by atoms with Crippen LogP contribution in [0.1, 0.15) is 39.0 Å². The van der Waals surface area contributed by atoms with Crippen LogP contribution in [0.4, 0.5) is 0 Å². The molecule has 0 bridgehead atoms. The van der Waals surface area contributed by atoms with Gasteiger partial charge in [0, 0.05) is 18.0 Å². The molecule has 0 N–H and O–H groups in total. The van der Waals surface area contributed by atoms with Crippen LogP contribution in [0.5, 0.6) is 11.5 Å². The van der Waals surface area contributed by atoms with Gasteiger partial charge in [0.15, 0.2) is 11.5 Å². The largest absolute Gasteiger partial charge is 0.493 e. The van der Waals surface area contributed by atoms with Crippen LogP contribution in [-0.2, 0) is 11.2 Å². The summed E-state index contributed by atoms with van der Waals surface area (Å²) in [6.45, 7) is 1.69. The second kappa shape index (κ2) is 10.2. The molecule has 2 amide bonds. The molecule has 3 aromatic rings. The van der Waals surface area contributed by atoms with E-state index in [9.17, 15) is 9.59 Å². The van der Waals surface area contributed by atoms with Gasteiger partial charge in [0.25, 0.3) is 5.91 Å². The molecule has 1 saturated carbocycles. The average Bonchev–Trinajstić information content (AvgIpc) is 3.30. The molecule has 6 nitrogen and oxygen atoms in total. The fourth-order valence-corrected chi connectivity index (χ4v) is 6.04. The summed E-state index contributed by atoms with van der Waals surface area (Å²) in [4.78, 5) is 32.4. The maximum atomic E-state index is 13.6. The summed E-state index contributed by atoms with van der Waals surface area (Å²) in [7, 11) is 1.62. The highest BCUT2D eigenvalue weighted by atomic mass is 32.1. The first-order valence-electron chi connectivity index (χ1n) is 11.6. The van der Waals surface area contributed by atoms with Gasteiger partial charge < -0.3 is 19.3 Å². The molecule has 8 heteroatoms. The number of para-hydroxylation sites is 2. The van der Waals surface area contributed by atoms with Crippen molar-refractivity contribution >= 4 is 34.5 Å². The van der Waals surface area contributed by atoms with Crippen molar-refractivity contribution in [2.24, 2.45) is 5.92 Å². The smallest absolute Gasteiger partial charge is 0.264 e. The zero-order valence-corrected chi connectivity index (χ0v) is 20.8. The van der Waals surface area contributed by atoms with Gasteiger partial charge in [0.05, 0.1) is 18.0 Å². The van der Waals surface area contributed by atoms with Crippen LogP contribution in [0.25, 0.3) is 0 Å². The minimum Gasteiger partial charge on any atom is -0.493 e. The number of fused-ring (bicyclic) bond motifs is 1. The first kappa shape index (κ1) is 22.9. The SMILES string of the molecule is COc1ccccc1OC[C@H]1c2ccsc2CCN1C(=O)CN(CC1CC1)C(=O)c1cccs1. The average molecular weight is 497 g/mol. The van der Waals surface area contributed by atoms with Crippen molar-refractivity contribution in [2.75, 3.05) is 33.4 Å². The number of rotatable bonds is 9. The Bertz CT molecular complexity index is 1140. The first-order chi connectivity index (χ1) is 16.6. The Morgan fingerprint density at radius 1 is 1.06 bits per heavy atom. The molecule has 1 atom stereocenters. The van der Waals surface area contributed by atoms with Gasteiger partial charge in [0.1, 0.15) is 13.2 Å². The van der Waals surface area contributed by atoms with Crippen molar-refractivity contribution in [3.63, 3.8) is 0 Å². The molecule has 0 unspecified atom stereocenters. The standard InChI is InChI=1S/C26H28N2O4S2/c1-31-21-5-2-3-6-22(21)32-17-20-19-11-14-34-23(19)10-12-28(20)25(29)16-27(15-18-8-9-18)26(30)24-7-4-13-33-24/h2-7,11,13-14,18,20H,8-10,12,15-17H2,1H3/t20-/m0/s1. The summed E-state index contributed by atoms with van der Waals surface area (Å²) in [5.41, 5.74) is 1.14. The molecular weight excluding hydrogens is 468 g/mol. The predicted octanol–water partition coefficient (Wildman–Crippen LogP) is 4.88. The zero-order valence-electron chi connectivity index (χ0n) is 19.1. The van der Waals surface area contributed by atoms with Crippen LogP contribution >= 0.6 is 22.7 Å². The molecule has 2 aliphatic rings. The second-order valence-electron chi connectivity index (χ2n) is 8.72. The van der Waals surface area contributed by atoms with Crippen LogP contribution < -0.4 is 9.47 Å². The van der Waals surface area contributed by atoms with Crippen LogP contribution in [0, 0.1) is 5.92 Å². The maximum Gasteiger partial charge on any atom is 0.264 e. The molecule has 1 aliphatic heterocycles. The highest BCUT2D eigenvalue weighted by molar-refractivity contribution is 7.12. The maximum absolute atomic E-state index is 13.6. The Balaban J connectivity index is 1.34. The van der Waals surface area contributed by atoms with Crippen molar-refractivity contribution in [1.29, 1.82) is 0 Å². The van der Waals surface area contributed by atoms with Gasteiger partial charge in [-0.2, -0.15) is 0 Å². The molecule has 1 aliphatic carbocycles. The van der Waals surface area contributed by atoms with E-state index in [4.69, 9.17) is 9.47 Å². The number of benzene rings is 1. The Kier molecular flexibility index (Phi) is 6.87. The summed E-state index contributed by atoms with van der Waals surface area (Å²) in [6, 6.07) is 13.1. The number of ether oxygens (including phenoxy) is 2. The summed E-state index contributed by atoms with van der Waals surface area (Å²) in [5, 5.41) is 3.98. The summed E-state index contributed by atoms with van der Waals surface area (Å²) in [5.74, 6) is 1.74. The van der Waals surface area contributed by atoms with Crippen molar-refractivity contribution in [1.82, 2.24) is 9.80 Å². The fraction of sp³-hybridized carbons (Fsp3) is 0.385. The molecule has 5 rings (SSSR count). The second-order valence-corrected chi connectivity index (χ2v) is 10.7. The third-order valence-corrected chi connectivity index (χ3v) is 8.26. The Hall–Kier alpha value is -2.84. The Morgan fingerprint density at radius 3 is 2.62 bits per heavy atom. The highest BCUT2D eigenvalue weighted by Crippen LogP contribution is 2.36. The van der Waals surface area contributed by atoms with Gasteiger partial charge >= 0.3 is 0 Å². The minimum atomic E-state index is -0.202. The number of carbonyl (C=O) groups excluding carboxylic acids is 2. The van der Waals surface area contributed by atoms with Crippen molar-refractivity contribution < 1.29 is 19.1 Å². The van der Waals surface area contributed by atoms with E-state index in [2.05, 4.69) is 11.4 Å². The van der Waals surface area contributed by atoms with Crippen molar-refractivity contribution in [3.8, 4) is 11.5 Å². The van der Waals surface area contributed by atoms with Gasteiger partial charge in [0.2, 0.25) is 5.91 Å². The highest BCUT2D eigenvalue weighted by Gasteiger charge is 2.35. The van der Waals surface area contributed by atoms with Crippen molar-refractivity contribution in [2.45, 2.75) is 25.3 Å². The molecule has 3 heterocycles. The number of amides is 2. The van der Waals surface area contributed by atoms with E-state index in [0.717, 1.165) is 24.8 Å². The van der Waals surface area contributed by atoms with Gasteiger partial charge in [-0.3, -0.25) is 9.59 Å². The van der Waals surface area contributed by atoms with E-state index in [-0.39, 0.29) is 24.4 Å². The molecule has 0 spiro atoms. The zero-order chi connectivity index (χ0) is 23.5. The summed E-state index contributed by atoms with van der Waals surface area (Å²) in [6.07, 6.45) is 3.07. The fourth-order valence-electron chi connectivity index (χ4n) is 4.42. The lowest BCUT2D eigenvalue weighted by molar-refractivity contribution is -0.135. The topological polar surface area (TPSA) is 59.1 Å². The van der Waals surface area contributed by atoms with Crippen LogP contribution in [0.15, 0.2) is 53.2 Å². The van der Waals surface area contributed by atoms with Crippen LogP contribution in [-0.4, -0.2) is 55.0 Å². The number of nitrogens with zero attached hydrogens (tertiary/aromatic N) is 2. The minimum absolute atomic E-state index is 0.0315. The molecule has 34 heavy (non-hydrogen) atoms. The van der Waals surface area contributed by atoms with Gasteiger partial charge in [-0.25, -0.2) is 0 Å². The van der Waals surface area contributed by atoms with E-state index < -0.39 is 0 Å². The third-order valence-electron chi connectivity index (χ3n) is 6.40. The molecule has 0 saturated heterocycles. The molecular formula is C26H28N2O4S2. The number of carbonyl (C=O) groups is 2. The number of methoxy groups -OCH3 is 1. The lowest BCUT2D eigenvalue weighted by Crippen LogP contribution is -2.48. The van der Waals surface area contributed by atoms with Crippen LogP contribution in [0.3, 0.4) is 0 Å². The van der Waals surface area contributed by atoms with E-state index in [1.165, 1.54) is 16.2 Å². The number of thiophene rings is 2. The Labute approximate surface area is 207 Å². The van der Waals surface area contributed by atoms with Gasteiger partial charge in [-0.1, -0.05) is 18.2 Å². The summed E-state index contributed by atoms with van der Waals surface area (Å²) < 4.78 is 11.6. The molecule has 2 aromatic heterocycles. The number of hydrogen-bond acceptors (Lipinski definition) is 6. The molecule has 1 fully saturated rings. The van der Waals surface area contributed by atoms with Crippen LogP contribution in [0.2, 0.25) is 0 Å². The predicted molar refractivity (Wildman–Crippen MR) is 134 cm³/mol.